The number of nitrogens with zero attached hydrogens (tertiary/aromatic N) is 2. The van der Waals surface area contributed by atoms with E-state index in [1.165, 1.54) is 19.3 Å². The first-order valence-corrected chi connectivity index (χ1v) is 13.2. The van der Waals surface area contributed by atoms with Crippen LogP contribution in [0.3, 0.4) is 0 Å². The molecule has 2 aliphatic rings. The number of hydrogen-bond donors (Lipinski definition) is 1. The van der Waals surface area contributed by atoms with Gasteiger partial charge in [-0.3, -0.25) is 13.6 Å². The highest BCUT2D eigenvalue weighted by Crippen LogP contribution is 2.41. The van der Waals surface area contributed by atoms with Gasteiger partial charge in [0.25, 0.3) is 0 Å². The molecular formula is C22H34F2N3O11P. The van der Waals surface area contributed by atoms with Crippen LogP contribution < -0.4 is 11.4 Å². The van der Waals surface area contributed by atoms with Gasteiger partial charge in [0.2, 0.25) is 13.6 Å². The second-order valence-corrected chi connectivity index (χ2v) is 9.98. The van der Waals surface area contributed by atoms with Crippen LogP contribution in [0.25, 0.3) is 0 Å². The summed E-state index contributed by atoms with van der Waals surface area (Å²) in [5.74, 6) is -1.63. The topological polar surface area (TPSA) is 169 Å². The van der Waals surface area contributed by atoms with Gasteiger partial charge in [-0.05, 0) is 27.7 Å². The summed E-state index contributed by atoms with van der Waals surface area (Å²) in [7, 11) is -2.30. The van der Waals surface area contributed by atoms with Gasteiger partial charge in [-0.25, -0.2) is 23.2 Å². The van der Waals surface area contributed by atoms with Crippen LogP contribution in [0.1, 0.15) is 59.6 Å². The predicted octanol–water partition coefficient (Wildman–Crippen LogP) is 4.08. The number of halogens is 2. The summed E-state index contributed by atoms with van der Waals surface area (Å²) in [6, 6.07) is 0. The van der Waals surface area contributed by atoms with Crippen LogP contribution in [0.2, 0.25) is 0 Å². The molecule has 1 aliphatic heterocycles. The number of aromatic nitrogens is 2. The zero-order valence-corrected chi connectivity index (χ0v) is 23.0. The molecule has 14 nitrogen and oxygen atoms in total. The van der Waals surface area contributed by atoms with Crippen LogP contribution in [0.4, 0.5) is 24.2 Å². The third kappa shape index (κ3) is 12.8. The van der Waals surface area contributed by atoms with Crippen LogP contribution in [0.5, 0.6) is 0 Å². The maximum absolute atomic E-state index is 14.5. The molecule has 2 heterocycles. The first kappa shape index (κ1) is 32.6. The molecule has 2 N–H and O–H groups in total. The van der Waals surface area contributed by atoms with Crippen molar-refractivity contribution in [3.63, 3.8) is 0 Å². The number of hydrogen-bond acceptors (Lipinski definition) is 13. The highest BCUT2D eigenvalue weighted by Gasteiger charge is 2.38. The normalized spacial score (nSPS) is 20.0. The third-order valence-electron chi connectivity index (χ3n) is 4.39. The van der Waals surface area contributed by atoms with Gasteiger partial charge in [0, 0.05) is 6.42 Å². The number of ether oxygens (including phenoxy) is 5. The van der Waals surface area contributed by atoms with Gasteiger partial charge in [-0.15, -0.1) is 0 Å². The van der Waals surface area contributed by atoms with Crippen molar-refractivity contribution < 1.29 is 55.6 Å². The van der Waals surface area contributed by atoms with Crippen LogP contribution in [0.15, 0.2) is 11.0 Å². The minimum absolute atomic E-state index is 0.222. The first-order chi connectivity index (χ1) is 18.5. The van der Waals surface area contributed by atoms with Gasteiger partial charge < -0.3 is 33.9 Å². The summed E-state index contributed by atoms with van der Waals surface area (Å²) in [6.07, 6.45) is -1.96. The summed E-state index contributed by atoms with van der Waals surface area (Å²) in [6.45, 7) is 4.87. The SMILES string of the molecule is C1CC1.CC(C)OC(=O)OCOP(OCOC(=O)OC(C)C)OCC1CC(F)C(n2cc(F)c(N)nc2=O)O1. The maximum atomic E-state index is 14.5. The molecule has 0 radical (unpaired) electrons. The summed E-state index contributed by atoms with van der Waals surface area (Å²) in [5.41, 5.74) is 4.24. The van der Waals surface area contributed by atoms with Crippen molar-refractivity contribution in [2.45, 2.75) is 84.1 Å². The summed E-state index contributed by atoms with van der Waals surface area (Å²) < 4.78 is 69.2. The van der Waals surface area contributed by atoms with Crippen LogP contribution in [-0.4, -0.2) is 66.5 Å². The zero-order chi connectivity index (χ0) is 28.9. The van der Waals surface area contributed by atoms with Crippen LogP contribution in [-0.2, 0) is 37.3 Å². The average Bonchev–Trinajstić information content (AvgIpc) is 3.67. The van der Waals surface area contributed by atoms with E-state index in [2.05, 4.69) is 4.98 Å². The highest BCUT2D eigenvalue weighted by molar-refractivity contribution is 7.41. The molecule has 3 unspecified atom stereocenters. The molecule has 222 valence electrons. The fourth-order valence-corrected chi connectivity index (χ4v) is 3.43. The minimum Gasteiger partial charge on any atom is -0.432 e. The standard InChI is InChI=1S/C19H28F2N3O11P.C3H6/c1-10(2)33-18(26)28-8-31-36(32-9-29-19(27)34-11(3)4)30-7-12-5-13(20)16(35-12)24-6-14(21)15(22)23-17(24)25;1-2-3-1/h6,10-13,16H,5,7-9H2,1-4H3,(H2,22,23,25);1-3H2. The van der Waals surface area contributed by atoms with Crippen molar-refractivity contribution in [1.82, 2.24) is 9.55 Å². The van der Waals surface area contributed by atoms with Gasteiger partial charge in [-0.1, -0.05) is 19.3 Å². The second-order valence-electron chi connectivity index (χ2n) is 8.76. The Morgan fingerprint density at radius 1 is 1.08 bits per heavy atom. The average molecular weight is 585 g/mol. The van der Waals surface area contributed by atoms with E-state index in [1.807, 2.05) is 0 Å². The molecular weight excluding hydrogens is 551 g/mol. The Labute approximate surface area is 224 Å². The molecule has 2 fully saturated rings. The van der Waals surface area contributed by atoms with Crippen molar-refractivity contribution >= 4 is 26.7 Å². The van der Waals surface area contributed by atoms with Crippen molar-refractivity contribution in [1.29, 1.82) is 0 Å². The molecule has 0 amide bonds. The Balaban J connectivity index is 0.00000166. The van der Waals surface area contributed by atoms with E-state index in [9.17, 15) is 23.2 Å². The van der Waals surface area contributed by atoms with Gasteiger partial charge in [0.1, 0.15) is 6.17 Å². The van der Waals surface area contributed by atoms with E-state index >= 15 is 0 Å². The van der Waals surface area contributed by atoms with E-state index in [1.54, 1.807) is 27.7 Å². The molecule has 0 bridgehead atoms. The zero-order valence-electron chi connectivity index (χ0n) is 22.1. The number of anilines is 1. The summed E-state index contributed by atoms with van der Waals surface area (Å²) in [5, 5.41) is 0. The van der Waals surface area contributed by atoms with Gasteiger partial charge >= 0.3 is 26.6 Å². The smallest absolute Gasteiger partial charge is 0.432 e. The Morgan fingerprint density at radius 2 is 1.62 bits per heavy atom. The van der Waals surface area contributed by atoms with Crippen molar-refractivity contribution in [3.05, 3.63) is 22.5 Å². The molecule has 0 aromatic carbocycles. The van der Waals surface area contributed by atoms with Crippen molar-refractivity contribution in [2.24, 2.45) is 0 Å². The Hall–Kier alpha value is -2.65. The second kappa shape index (κ2) is 16.5. The van der Waals surface area contributed by atoms with E-state index < -0.39 is 82.5 Å². The van der Waals surface area contributed by atoms with E-state index in [-0.39, 0.29) is 13.0 Å². The molecule has 1 saturated carbocycles. The van der Waals surface area contributed by atoms with Crippen LogP contribution >= 0.6 is 8.60 Å². The van der Waals surface area contributed by atoms with E-state index in [0.29, 0.717) is 10.8 Å². The fraction of sp³-hybridized carbons (Fsp3) is 0.727. The Morgan fingerprint density at radius 3 is 2.10 bits per heavy atom. The molecule has 1 saturated heterocycles. The molecule has 3 atom stereocenters. The highest BCUT2D eigenvalue weighted by atomic mass is 31.2. The lowest BCUT2D eigenvalue weighted by Crippen LogP contribution is -2.31. The summed E-state index contributed by atoms with van der Waals surface area (Å²) in [4.78, 5) is 38.2. The molecule has 1 aromatic rings. The van der Waals surface area contributed by atoms with Gasteiger partial charge in [-0.2, -0.15) is 4.98 Å². The largest absolute Gasteiger partial charge is 0.510 e. The number of carbonyl (C=O) groups excluding carboxylic acids is 2. The monoisotopic (exact) mass is 585 g/mol. The van der Waals surface area contributed by atoms with Gasteiger partial charge in [0.15, 0.2) is 17.9 Å². The molecule has 3 rings (SSSR count). The lowest BCUT2D eigenvalue weighted by atomic mass is 10.2. The Kier molecular flexibility index (Phi) is 13.7. The van der Waals surface area contributed by atoms with Crippen LogP contribution in [0, 0.1) is 5.82 Å². The number of nitrogens with two attached hydrogens (primary N) is 1. The molecule has 17 heteroatoms. The van der Waals surface area contributed by atoms with Crippen molar-refractivity contribution in [2.75, 3.05) is 25.9 Å². The lowest BCUT2D eigenvalue weighted by Gasteiger charge is -2.19. The molecule has 39 heavy (non-hydrogen) atoms. The first-order valence-electron chi connectivity index (χ1n) is 12.2. The number of rotatable bonds is 12. The number of alkyl halides is 1. The van der Waals surface area contributed by atoms with Crippen molar-refractivity contribution in [3.8, 4) is 0 Å². The quantitative estimate of drug-likeness (QED) is 0.212. The van der Waals surface area contributed by atoms with E-state index in [0.717, 1.165) is 0 Å². The number of carbonyl (C=O) groups is 2. The van der Waals surface area contributed by atoms with E-state index in [4.69, 9.17) is 43.0 Å². The third-order valence-corrected chi connectivity index (χ3v) is 5.38. The predicted molar refractivity (Wildman–Crippen MR) is 130 cm³/mol. The lowest BCUT2D eigenvalue weighted by molar-refractivity contribution is -0.0529. The minimum atomic E-state index is -2.30. The fourth-order valence-electron chi connectivity index (χ4n) is 2.64. The molecule has 0 spiro atoms. The van der Waals surface area contributed by atoms with Gasteiger partial charge in [0.05, 0.1) is 31.1 Å². The molecule has 1 aromatic heterocycles. The Bertz CT molecular complexity index is 952. The summed E-state index contributed by atoms with van der Waals surface area (Å²) >= 11 is 0. The number of nitrogen functional groups attached to an aromatic ring is 1. The molecule has 1 aliphatic carbocycles. The maximum Gasteiger partial charge on any atom is 0.510 e.